The average Bonchev–Trinajstić information content (AvgIpc) is 3.24. The Morgan fingerprint density at radius 3 is 2.56 bits per heavy atom. The van der Waals surface area contributed by atoms with Crippen LogP contribution in [0, 0.1) is 0 Å². The lowest BCUT2D eigenvalue weighted by Gasteiger charge is -2.11. The molecule has 8 heteroatoms. The zero-order valence-electron chi connectivity index (χ0n) is 18.5. The first-order chi connectivity index (χ1) is 15.5. The van der Waals surface area contributed by atoms with Crippen LogP contribution in [0.4, 0.5) is 5.69 Å². The van der Waals surface area contributed by atoms with E-state index in [1.54, 1.807) is 4.57 Å². The number of carbonyl (C=O) groups is 1. The molecule has 2 heterocycles. The fraction of sp³-hybridized carbons (Fsp3) is 0.333. The molecule has 32 heavy (non-hydrogen) atoms. The van der Waals surface area contributed by atoms with Crippen LogP contribution in [0.15, 0.2) is 58.5 Å². The number of fused-ring (bicyclic) bond motifs is 3. The van der Waals surface area contributed by atoms with Crippen molar-refractivity contribution in [3.05, 3.63) is 64.4 Å². The number of amides is 1. The number of hydrogen-bond donors (Lipinski definition) is 1. The van der Waals surface area contributed by atoms with E-state index in [1.165, 1.54) is 17.3 Å². The molecule has 0 saturated carbocycles. The van der Waals surface area contributed by atoms with E-state index in [0.29, 0.717) is 28.8 Å². The van der Waals surface area contributed by atoms with Crippen LogP contribution in [0.2, 0.25) is 0 Å². The molecule has 0 aliphatic carbocycles. The summed E-state index contributed by atoms with van der Waals surface area (Å²) in [6.07, 6.45) is 1.89. The van der Waals surface area contributed by atoms with E-state index in [0.717, 1.165) is 24.0 Å². The Balaban J connectivity index is 1.56. The predicted octanol–water partition coefficient (Wildman–Crippen LogP) is 4.70. The molecule has 166 valence electrons. The quantitative estimate of drug-likeness (QED) is 0.394. The second-order valence-corrected chi connectivity index (χ2v) is 8.80. The monoisotopic (exact) mass is 449 g/mol. The first-order valence-corrected chi connectivity index (χ1v) is 11.9. The van der Waals surface area contributed by atoms with Crippen molar-refractivity contribution < 1.29 is 4.79 Å². The topological polar surface area (TPSA) is 81.3 Å². The van der Waals surface area contributed by atoms with Gasteiger partial charge in [0.25, 0.3) is 5.56 Å². The fourth-order valence-corrected chi connectivity index (χ4v) is 4.45. The number of aryl methyl sites for hydroxylation is 1. The molecule has 0 fully saturated rings. The summed E-state index contributed by atoms with van der Waals surface area (Å²) >= 11 is 1.31. The minimum absolute atomic E-state index is 0.0718. The highest BCUT2D eigenvalue weighted by Gasteiger charge is 2.17. The third kappa shape index (κ3) is 4.27. The van der Waals surface area contributed by atoms with Gasteiger partial charge in [-0.1, -0.05) is 56.8 Å². The zero-order valence-corrected chi connectivity index (χ0v) is 19.4. The molecule has 1 amide bonds. The lowest BCUT2D eigenvalue weighted by atomic mass is 9.99. The van der Waals surface area contributed by atoms with Gasteiger partial charge in [-0.2, -0.15) is 0 Å². The Kier molecular flexibility index (Phi) is 6.60. The summed E-state index contributed by atoms with van der Waals surface area (Å²) in [5.74, 6) is 1.07. The SMILES string of the molecule is CCCn1c(=O)c2ccccc2n2c(SCC(=O)Nc3ccc(C(C)CC)cc3)nnc12. The fourth-order valence-electron chi connectivity index (χ4n) is 3.71. The van der Waals surface area contributed by atoms with Gasteiger partial charge in [-0.3, -0.25) is 18.6 Å². The number of thioether (sulfide) groups is 1. The van der Waals surface area contributed by atoms with Gasteiger partial charge < -0.3 is 5.32 Å². The second kappa shape index (κ2) is 9.56. The molecule has 7 nitrogen and oxygen atoms in total. The Morgan fingerprint density at radius 2 is 1.84 bits per heavy atom. The summed E-state index contributed by atoms with van der Waals surface area (Å²) < 4.78 is 3.52. The Labute approximate surface area is 190 Å². The molecule has 2 aromatic heterocycles. The summed E-state index contributed by atoms with van der Waals surface area (Å²) in [4.78, 5) is 25.5. The number of hydrogen-bond acceptors (Lipinski definition) is 5. The number of anilines is 1. The van der Waals surface area contributed by atoms with E-state index >= 15 is 0 Å². The van der Waals surface area contributed by atoms with Crippen LogP contribution in [0.5, 0.6) is 0 Å². The van der Waals surface area contributed by atoms with Crippen molar-refractivity contribution in [3.63, 3.8) is 0 Å². The lowest BCUT2D eigenvalue weighted by molar-refractivity contribution is -0.113. The van der Waals surface area contributed by atoms with E-state index in [1.807, 2.05) is 47.7 Å². The molecule has 1 unspecified atom stereocenters. The van der Waals surface area contributed by atoms with E-state index in [2.05, 4.69) is 41.5 Å². The Hall–Kier alpha value is -3.13. The second-order valence-electron chi connectivity index (χ2n) is 7.86. The van der Waals surface area contributed by atoms with E-state index < -0.39 is 0 Å². The Bertz CT molecular complexity index is 1310. The van der Waals surface area contributed by atoms with Gasteiger partial charge in [0, 0.05) is 12.2 Å². The van der Waals surface area contributed by atoms with Gasteiger partial charge in [-0.05, 0) is 48.6 Å². The molecular formula is C24H27N5O2S. The van der Waals surface area contributed by atoms with Gasteiger partial charge in [-0.25, -0.2) is 0 Å². The highest BCUT2D eigenvalue weighted by Crippen LogP contribution is 2.23. The van der Waals surface area contributed by atoms with Crippen LogP contribution in [-0.2, 0) is 11.3 Å². The molecule has 4 rings (SSSR count). The molecule has 1 atom stereocenters. The minimum atomic E-state index is -0.116. The van der Waals surface area contributed by atoms with Gasteiger partial charge in [-0.15, -0.1) is 10.2 Å². The summed E-state index contributed by atoms with van der Waals surface area (Å²) in [5.41, 5.74) is 2.71. The van der Waals surface area contributed by atoms with Crippen LogP contribution in [0.3, 0.4) is 0 Å². The van der Waals surface area contributed by atoms with Crippen molar-refractivity contribution in [2.45, 2.75) is 51.2 Å². The molecule has 0 bridgehead atoms. The van der Waals surface area contributed by atoms with E-state index in [4.69, 9.17) is 0 Å². The molecule has 2 aromatic carbocycles. The predicted molar refractivity (Wildman–Crippen MR) is 130 cm³/mol. The molecular weight excluding hydrogens is 422 g/mol. The smallest absolute Gasteiger partial charge is 0.262 e. The normalized spacial score (nSPS) is 12.3. The summed E-state index contributed by atoms with van der Waals surface area (Å²) in [7, 11) is 0. The van der Waals surface area contributed by atoms with Crippen LogP contribution in [0.1, 0.15) is 45.1 Å². The van der Waals surface area contributed by atoms with Gasteiger partial charge >= 0.3 is 0 Å². The molecule has 0 spiro atoms. The van der Waals surface area contributed by atoms with Crippen molar-refractivity contribution in [1.82, 2.24) is 19.2 Å². The average molecular weight is 450 g/mol. The molecule has 0 saturated heterocycles. The first kappa shape index (κ1) is 22.1. The molecule has 1 N–H and O–H groups in total. The number of aromatic nitrogens is 4. The molecule has 0 radical (unpaired) electrons. The van der Waals surface area contributed by atoms with Crippen LogP contribution >= 0.6 is 11.8 Å². The zero-order chi connectivity index (χ0) is 22.7. The number of nitrogens with one attached hydrogen (secondary N) is 1. The number of rotatable bonds is 8. The molecule has 0 aliphatic heterocycles. The van der Waals surface area contributed by atoms with Crippen LogP contribution in [-0.4, -0.2) is 30.8 Å². The maximum Gasteiger partial charge on any atom is 0.262 e. The number of benzene rings is 2. The number of para-hydroxylation sites is 1. The maximum absolute atomic E-state index is 12.9. The minimum Gasteiger partial charge on any atom is -0.325 e. The van der Waals surface area contributed by atoms with Gasteiger partial charge in [0.15, 0.2) is 5.16 Å². The third-order valence-electron chi connectivity index (χ3n) is 5.63. The number of carbonyl (C=O) groups excluding carboxylic acids is 1. The highest BCUT2D eigenvalue weighted by molar-refractivity contribution is 7.99. The first-order valence-electron chi connectivity index (χ1n) is 10.9. The van der Waals surface area contributed by atoms with Crippen molar-refractivity contribution >= 4 is 40.0 Å². The highest BCUT2D eigenvalue weighted by atomic mass is 32.2. The van der Waals surface area contributed by atoms with Crippen LogP contribution in [0.25, 0.3) is 16.7 Å². The van der Waals surface area contributed by atoms with Crippen molar-refractivity contribution in [3.8, 4) is 0 Å². The van der Waals surface area contributed by atoms with Crippen molar-refractivity contribution in [2.75, 3.05) is 11.1 Å². The van der Waals surface area contributed by atoms with Crippen molar-refractivity contribution in [2.24, 2.45) is 0 Å². The summed E-state index contributed by atoms with van der Waals surface area (Å²) in [5, 5.41) is 12.7. The lowest BCUT2D eigenvalue weighted by Crippen LogP contribution is -2.23. The maximum atomic E-state index is 12.9. The van der Waals surface area contributed by atoms with E-state index in [-0.39, 0.29) is 17.2 Å². The molecule has 4 aromatic rings. The summed E-state index contributed by atoms with van der Waals surface area (Å²) in [6, 6.07) is 15.4. The van der Waals surface area contributed by atoms with E-state index in [9.17, 15) is 9.59 Å². The van der Waals surface area contributed by atoms with Gasteiger partial charge in [0.05, 0.1) is 16.7 Å². The number of nitrogens with zero attached hydrogens (tertiary/aromatic N) is 4. The van der Waals surface area contributed by atoms with Gasteiger partial charge in [0.2, 0.25) is 11.7 Å². The van der Waals surface area contributed by atoms with Crippen LogP contribution < -0.4 is 10.9 Å². The Morgan fingerprint density at radius 1 is 1.09 bits per heavy atom. The third-order valence-corrected chi connectivity index (χ3v) is 6.56. The summed E-state index contributed by atoms with van der Waals surface area (Å²) in [6.45, 7) is 6.93. The van der Waals surface area contributed by atoms with Crippen molar-refractivity contribution in [1.29, 1.82) is 0 Å². The molecule has 0 aliphatic rings. The largest absolute Gasteiger partial charge is 0.325 e. The van der Waals surface area contributed by atoms with Gasteiger partial charge in [0.1, 0.15) is 0 Å². The standard InChI is InChI=1S/C24H27N5O2S/c1-4-14-28-22(31)19-8-6-7-9-20(19)29-23(28)26-27-24(29)32-15-21(30)25-18-12-10-17(11-13-18)16(3)5-2/h6-13,16H,4-5,14-15H2,1-3H3,(H,25,30).